The van der Waals surface area contributed by atoms with Crippen molar-refractivity contribution in [2.75, 3.05) is 44.2 Å². The summed E-state index contributed by atoms with van der Waals surface area (Å²) in [5.74, 6) is 1.10. The van der Waals surface area contributed by atoms with Crippen molar-refractivity contribution in [1.29, 1.82) is 0 Å². The van der Waals surface area contributed by atoms with E-state index in [1.54, 1.807) is 6.33 Å². The van der Waals surface area contributed by atoms with Crippen LogP contribution in [0.5, 0.6) is 0 Å². The van der Waals surface area contributed by atoms with Crippen LogP contribution in [0.1, 0.15) is 6.42 Å². The first-order valence-electron chi connectivity index (χ1n) is 6.50. The van der Waals surface area contributed by atoms with Gasteiger partial charge in [0.25, 0.3) is 0 Å². The van der Waals surface area contributed by atoms with Crippen molar-refractivity contribution in [3.05, 3.63) is 16.1 Å². The molecule has 3 heterocycles. The molecule has 0 aliphatic carbocycles. The minimum atomic E-state index is 0.692. The molecule has 0 bridgehead atoms. The van der Waals surface area contributed by atoms with Crippen LogP contribution in [0, 0.1) is 3.57 Å². The van der Waals surface area contributed by atoms with Gasteiger partial charge in [0.05, 0.1) is 3.57 Å². The molecule has 0 spiro atoms. The molecule has 2 aliphatic heterocycles. The fraction of sp³-hybridized carbons (Fsp3) is 0.667. The highest BCUT2D eigenvalue weighted by Gasteiger charge is 2.29. The van der Waals surface area contributed by atoms with Crippen molar-refractivity contribution in [3.8, 4) is 0 Å². The number of anilines is 1. The fourth-order valence-electron chi connectivity index (χ4n) is 2.82. The number of aromatic nitrogens is 2. The zero-order valence-corrected chi connectivity index (χ0v) is 12.5. The Kier molecular flexibility index (Phi) is 3.95. The van der Waals surface area contributed by atoms with Gasteiger partial charge < -0.3 is 10.2 Å². The van der Waals surface area contributed by atoms with Gasteiger partial charge in [0.15, 0.2) is 0 Å². The summed E-state index contributed by atoms with van der Waals surface area (Å²) in [7, 11) is 0. The molecule has 2 saturated heterocycles. The second-order valence-electron chi connectivity index (χ2n) is 4.87. The number of rotatable bonds is 2. The predicted molar refractivity (Wildman–Crippen MR) is 79.8 cm³/mol. The molecular formula is C12H18IN5. The van der Waals surface area contributed by atoms with E-state index >= 15 is 0 Å². The molecular weight excluding hydrogens is 341 g/mol. The van der Waals surface area contributed by atoms with Crippen LogP contribution in [0.25, 0.3) is 0 Å². The van der Waals surface area contributed by atoms with Gasteiger partial charge in [-0.3, -0.25) is 4.90 Å². The van der Waals surface area contributed by atoms with E-state index in [1.807, 2.05) is 6.20 Å². The van der Waals surface area contributed by atoms with E-state index in [-0.39, 0.29) is 0 Å². The van der Waals surface area contributed by atoms with Gasteiger partial charge in [-0.05, 0) is 29.0 Å². The van der Waals surface area contributed by atoms with Crippen LogP contribution in [0.3, 0.4) is 0 Å². The van der Waals surface area contributed by atoms with Gasteiger partial charge in [0, 0.05) is 51.5 Å². The highest BCUT2D eigenvalue weighted by molar-refractivity contribution is 14.1. The third-order valence-electron chi connectivity index (χ3n) is 3.78. The first-order valence-corrected chi connectivity index (χ1v) is 7.57. The fourth-order valence-corrected chi connectivity index (χ4v) is 3.46. The minimum Gasteiger partial charge on any atom is -0.354 e. The Hall–Kier alpha value is -0.470. The summed E-state index contributed by atoms with van der Waals surface area (Å²) in [6.45, 7) is 6.83. The van der Waals surface area contributed by atoms with Gasteiger partial charge in [-0.1, -0.05) is 0 Å². The average Bonchev–Trinajstić information content (AvgIpc) is 2.90. The minimum absolute atomic E-state index is 0.692. The van der Waals surface area contributed by atoms with E-state index in [0.29, 0.717) is 6.04 Å². The molecule has 2 fully saturated rings. The van der Waals surface area contributed by atoms with E-state index in [2.05, 4.69) is 47.7 Å². The Morgan fingerprint density at radius 1 is 1.28 bits per heavy atom. The number of hydrogen-bond donors (Lipinski definition) is 1. The highest BCUT2D eigenvalue weighted by atomic mass is 127. The molecule has 6 heteroatoms. The maximum Gasteiger partial charge on any atom is 0.145 e. The third kappa shape index (κ3) is 2.60. The van der Waals surface area contributed by atoms with E-state index < -0.39 is 0 Å². The maximum absolute atomic E-state index is 4.42. The summed E-state index contributed by atoms with van der Waals surface area (Å²) < 4.78 is 1.15. The number of nitrogens with zero attached hydrogens (tertiary/aromatic N) is 4. The normalized spacial score (nSPS) is 25.6. The lowest BCUT2D eigenvalue weighted by atomic mass is 10.2. The Morgan fingerprint density at radius 3 is 2.89 bits per heavy atom. The van der Waals surface area contributed by atoms with Gasteiger partial charge >= 0.3 is 0 Å². The Bertz CT molecular complexity index is 407. The first kappa shape index (κ1) is 12.6. The lowest BCUT2D eigenvalue weighted by Gasteiger charge is -2.32. The van der Waals surface area contributed by atoms with Crippen molar-refractivity contribution >= 4 is 28.4 Å². The second kappa shape index (κ2) is 5.66. The van der Waals surface area contributed by atoms with Crippen molar-refractivity contribution < 1.29 is 0 Å². The SMILES string of the molecule is Ic1cncnc1N1CCC(N2CCNCC2)C1. The number of halogens is 1. The molecule has 1 aromatic rings. The van der Waals surface area contributed by atoms with Crippen molar-refractivity contribution in [1.82, 2.24) is 20.2 Å². The van der Waals surface area contributed by atoms with E-state index in [1.165, 1.54) is 19.5 Å². The van der Waals surface area contributed by atoms with Gasteiger partial charge in [0.2, 0.25) is 0 Å². The molecule has 1 unspecified atom stereocenters. The Morgan fingerprint density at radius 2 is 2.11 bits per heavy atom. The molecule has 1 aromatic heterocycles. The highest BCUT2D eigenvalue weighted by Crippen LogP contribution is 2.24. The topological polar surface area (TPSA) is 44.3 Å². The standard InChI is InChI=1S/C12H18IN5/c13-11-7-15-9-16-12(11)18-4-1-10(8-18)17-5-2-14-3-6-17/h7,9-10,14H,1-6,8H2. The Balaban J connectivity index is 1.66. The lowest BCUT2D eigenvalue weighted by molar-refractivity contribution is 0.185. The zero-order chi connectivity index (χ0) is 12.4. The molecule has 0 aromatic carbocycles. The van der Waals surface area contributed by atoms with E-state index in [0.717, 1.165) is 35.6 Å². The first-order chi connectivity index (χ1) is 8.84. The molecule has 0 amide bonds. The van der Waals surface area contributed by atoms with Crippen LogP contribution in [-0.4, -0.2) is 60.2 Å². The van der Waals surface area contributed by atoms with Gasteiger partial charge in [-0.15, -0.1) is 0 Å². The summed E-state index contributed by atoms with van der Waals surface area (Å²) in [5, 5.41) is 3.41. The number of nitrogens with one attached hydrogen (secondary N) is 1. The monoisotopic (exact) mass is 359 g/mol. The summed E-state index contributed by atoms with van der Waals surface area (Å²) in [6, 6.07) is 0.692. The van der Waals surface area contributed by atoms with Gasteiger partial charge in [-0.25, -0.2) is 9.97 Å². The molecule has 1 atom stereocenters. The molecule has 3 rings (SSSR count). The van der Waals surface area contributed by atoms with Crippen molar-refractivity contribution in [2.45, 2.75) is 12.5 Å². The van der Waals surface area contributed by atoms with Crippen LogP contribution in [0.15, 0.2) is 12.5 Å². The van der Waals surface area contributed by atoms with Crippen LogP contribution < -0.4 is 10.2 Å². The molecule has 98 valence electrons. The van der Waals surface area contributed by atoms with Crippen LogP contribution in [-0.2, 0) is 0 Å². The summed E-state index contributed by atoms with van der Waals surface area (Å²) >= 11 is 2.32. The van der Waals surface area contributed by atoms with Crippen molar-refractivity contribution in [3.63, 3.8) is 0 Å². The average molecular weight is 359 g/mol. The molecule has 2 aliphatic rings. The quantitative estimate of drug-likeness (QED) is 0.783. The largest absolute Gasteiger partial charge is 0.354 e. The van der Waals surface area contributed by atoms with Crippen LogP contribution >= 0.6 is 22.6 Å². The summed E-state index contributed by atoms with van der Waals surface area (Å²) in [4.78, 5) is 13.5. The van der Waals surface area contributed by atoms with Gasteiger partial charge in [0.1, 0.15) is 12.1 Å². The molecule has 0 radical (unpaired) electrons. The molecule has 0 saturated carbocycles. The van der Waals surface area contributed by atoms with Crippen molar-refractivity contribution in [2.24, 2.45) is 0 Å². The van der Waals surface area contributed by atoms with E-state index in [4.69, 9.17) is 0 Å². The molecule has 5 nitrogen and oxygen atoms in total. The van der Waals surface area contributed by atoms with Crippen LogP contribution in [0.2, 0.25) is 0 Å². The lowest BCUT2D eigenvalue weighted by Crippen LogP contribution is -2.49. The third-order valence-corrected chi connectivity index (χ3v) is 4.54. The molecule has 1 N–H and O–H groups in total. The number of piperazine rings is 1. The summed E-state index contributed by atoms with van der Waals surface area (Å²) in [5.41, 5.74) is 0. The predicted octanol–water partition coefficient (Wildman–Crippen LogP) is 0.565. The van der Waals surface area contributed by atoms with E-state index in [9.17, 15) is 0 Å². The van der Waals surface area contributed by atoms with Gasteiger partial charge in [-0.2, -0.15) is 0 Å². The number of hydrogen-bond acceptors (Lipinski definition) is 5. The zero-order valence-electron chi connectivity index (χ0n) is 10.3. The summed E-state index contributed by atoms with van der Waals surface area (Å²) in [6.07, 6.45) is 4.79. The smallest absolute Gasteiger partial charge is 0.145 e. The maximum atomic E-state index is 4.42. The van der Waals surface area contributed by atoms with Crippen LogP contribution in [0.4, 0.5) is 5.82 Å². The second-order valence-corrected chi connectivity index (χ2v) is 6.03. The molecule has 18 heavy (non-hydrogen) atoms. The Labute approximate surface area is 121 Å².